The lowest BCUT2D eigenvalue weighted by Gasteiger charge is -2.14. The van der Waals surface area contributed by atoms with Crippen molar-refractivity contribution in [2.75, 3.05) is 0 Å². The number of halogens is 1. The van der Waals surface area contributed by atoms with Crippen LogP contribution in [0.4, 0.5) is 0 Å². The molecule has 0 bridgehead atoms. The average Bonchev–Trinajstić information content (AvgIpc) is 2.60. The molecule has 0 spiro atoms. The van der Waals surface area contributed by atoms with Crippen molar-refractivity contribution in [3.63, 3.8) is 0 Å². The Morgan fingerprint density at radius 3 is 2.52 bits per heavy atom. The van der Waals surface area contributed by atoms with Crippen molar-refractivity contribution in [3.05, 3.63) is 76.3 Å². The minimum atomic E-state index is -0.463. The van der Waals surface area contributed by atoms with Crippen LogP contribution in [0.25, 0.3) is 10.8 Å². The number of ether oxygens (including phenoxy) is 1. The van der Waals surface area contributed by atoms with Gasteiger partial charge in [0.25, 0.3) is 5.91 Å². The Hall–Kier alpha value is -2.86. The number of hydrogen-bond donors (Lipinski definition) is 3. The van der Waals surface area contributed by atoms with Gasteiger partial charge in [0.05, 0.1) is 5.56 Å². The van der Waals surface area contributed by atoms with Gasteiger partial charge in [-0.1, -0.05) is 58.4 Å². The number of amides is 1. The number of fused-ring (bicyclic) bond motifs is 1. The van der Waals surface area contributed by atoms with Crippen molar-refractivity contribution in [3.8, 4) is 5.75 Å². The molecule has 4 N–H and O–H groups in total. The zero-order chi connectivity index (χ0) is 17.8. The topological polar surface area (TPSA) is 88.2 Å². The molecule has 0 aliphatic heterocycles. The predicted octanol–water partition coefficient (Wildman–Crippen LogP) is 3.80. The summed E-state index contributed by atoms with van der Waals surface area (Å²) < 4.78 is 6.88. The van der Waals surface area contributed by atoms with E-state index in [0.29, 0.717) is 17.9 Å². The fraction of sp³-hybridized carbons (Fsp3) is 0.0526. The van der Waals surface area contributed by atoms with Gasteiger partial charge in [-0.25, -0.2) is 0 Å². The number of rotatable bonds is 4. The Kier molecular flexibility index (Phi) is 5.00. The number of nitrogens with two attached hydrogens (primary N) is 1. The van der Waals surface area contributed by atoms with Gasteiger partial charge in [0.15, 0.2) is 5.96 Å². The molecule has 0 radical (unpaired) electrons. The van der Waals surface area contributed by atoms with E-state index in [1.807, 2.05) is 54.6 Å². The van der Waals surface area contributed by atoms with Crippen LogP contribution in [0.15, 0.2) is 65.1 Å². The summed E-state index contributed by atoms with van der Waals surface area (Å²) >= 11 is 3.40. The Balaban J connectivity index is 1.97. The lowest BCUT2D eigenvalue weighted by molar-refractivity contribution is 0.0974. The predicted molar refractivity (Wildman–Crippen MR) is 102 cm³/mol. The van der Waals surface area contributed by atoms with Gasteiger partial charge in [-0.3, -0.25) is 15.5 Å². The van der Waals surface area contributed by atoms with Crippen LogP contribution in [-0.4, -0.2) is 11.9 Å². The van der Waals surface area contributed by atoms with E-state index in [4.69, 9.17) is 15.9 Å². The number of nitrogens with one attached hydrogen (secondary N) is 2. The van der Waals surface area contributed by atoms with E-state index in [2.05, 4.69) is 21.2 Å². The summed E-state index contributed by atoms with van der Waals surface area (Å²) in [5, 5.41) is 11.3. The van der Waals surface area contributed by atoms with Crippen LogP contribution < -0.4 is 15.8 Å². The molecule has 1 amide bonds. The number of carbonyl (C=O) groups excluding carboxylic acids is 1. The summed E-state index contributed by atoms with van der Waals surface area (Å²) in [4.78, 5) is 12.5. The van der Waals surface area contributed by atoms with E-state index in [1.165, 1.54) is 0 Å². The monoisotopic (exact) mass is 397 g/mol. The first-order valence-electron chi connectivity index (χ1n) is 7.59. The molecule has 0 aromatic heterocycles. The van der Waals surface area contributed by atoms with Crippen molar-refractivity contribution < 1.29 is 9.53 Å². The SMILES string of the molecule is N=C(N)NC(=O)c1c(OCc2ccc(Br)cc2)ccc2ccccc12. The van der Waals surface area contributed by atoms with Crippen molar-refractivity contribution in [2.24, 2.45) is 5.73 Å². The first-order valence-corrected chi connectivity index (χ1v) is 8.38. The molecule has 25 heavy (non-hydrogen) atoms. The smallest absolute Gasteiger partial charge is 0.262 e. The Bertz CT molecular complexity index is 939. The minimum absolute atomic E-state index is 0.325. The first kappa shape index (κ1) is 17.0. The molecule has 0 unspecified atom stereocenters. The molecule has 3 aromatic rings. The van der Waals surface area contributed by atoms with Gasteiger partial charge in [-0.2, -0.15) is 0 Å². The molecule has 0 saturated heterocycles. The molecule has 0 saturated carbocycles. The van der Waals surface area contributed by atoms with E-state index < -0.39 is 11.9 Å². The summed E-state index contributed by atoms with van der Waals surface area (Å²) in [6.45, 7) is 0.325. The van der Waals surface area contributed by atoms with Gasteiger partial charge >= 0.3 is 0 Å². The third-order valence-electron chi connectivity index (χ3n) is 3.67. The maximum atomic E-state index is 12.5. The molecule has 0 fully saturated rings. The summed E-state index contributed by atoms with van der Waals surface area (Å²) in [5.74, 6) is -0.424. The minimum Gasteiger partial charge on any atom is -0.488 e. The normalized spacial score (nSPS) is 10.4. The van der Waals surface area contributed by atoms with E-state index >= 15 is 0 Å². The number of benzene rings is 3. The van der Waals surface area contributed by atoms with Crippen molar-refractivity contribution >= 4 is 38.6 Å². The van der Waals surface area contributed by atoms with Crippen LogP contribution in [0.3, 0.4) is 0 Å². The van der Waals surface area contributed by atoms with Gasteiger partial charge < -0.3 is 10.5 Å². The van der Waals surface area contributed by atoms with Crippen molar-refractivity contribution in [1.82, 2.24) is 5.32 Å². The highest BCUT2D eigenvalue weighted by Crippen LogP contribution is 2.29. The summed E-state index contributed by atoms with van der Waals surface area (Å²) in [5.41, 5.74) is 6.66. The van der Waals surface area contributed by atoms with Crippen LogP contribution in [0.2, 0.25) is 0 Å². The second-order valence-electron chi connectivity index (χ2n) is 5.44. The lowest BCUT2D eigenvalue weighted by atomic mass is 10.0. The standard InChI is InChI=1S/C19H16BrN3O2/c20-14-8-5-12(6-9-14)11-25-16-10-7-13-3-1-2-4-15(13)17(16)18(24)23-19(21)22/h1-10H,11H2,(H4,21,22,23,24). The van der Waals surface area contributed by atoms with Crippen LogP contribution in [0.1, 0.15) is 15.9 Å². The fourth-order valence-electron chi connectivity index (χ4n) is 2.53. The average molecular weight is 398 g/mol. The number of guanidine groups is 1. The molecule has 3 rings (SSSR count). The Morgan fingerprint density at radius 1 is 1.08 bits per heavy atom. The molecule has 126 valence electrons. The highest BCUT2D eigenvalue weighted by atomic mass is 79.9. The van der Waals surface area contributed by atoms with Gasteiger partial charge in [0, 0.05) is 4.47 Å². The van der Waals surface area contributed by atoms with E-state index in [-0.39, 0.29) is 0 Å². The largest absolute Gasteiger partial charge is 0.488 e. The fourth-order valence-corrected chi connectivity index (χ4v) is 2.80. The second kappa shape index (κ2) is 7.36. The molecular formula is C19H16BrN3O2. The molecular weight excluding hydrogens is 382 g/mol. The summed E-state index contributed by atoms with van der Waals surface area (Å²) in [7, 11) is 0. The molecule has 0 aliphatic carbocycles. The van der Waals surface area contributed by atoms with Gasteiger partial charge in [0.1, 0.15) is 12.4 Å². The Labute approximate surface area is 153 Å². The van der Waals surface area contributed by atoms with Crippen LogP contribution in [-0.2, 0) is 6.61 Å². The highest BCUT2D eigenvalue weighted by Gasteiger charge is 2.17. The zero-order valence-corrected chi connectivity index (χ0v) is 14.8. The number of carbonyl (C=O) groups is 1. The molecule has 0 aliphatic rings. The molecule has 0 atom stereocenters. The molecule has 6 heteroatoms. The summed E-state index contributed by atoms with van der Waals surface area (Å²) in [6.07, 6.45) is 0. The van der Waals surface area contributed by atoms with Crippen molar-refractivity contribution in [2.45, 2.75) is 6.61 Å². The van der Waals surface area contributed by atoms with Gasteiger partial charge in [0.2, 0.25) is 0 Å². The first-order chi connectivity index (χ1) is 12.0. The Morgan fingerprint density at radius 2 is 1.80 bits per heavy atom. The molecule has 0 heterocycles. The van der Waals surface area contributed by atoms with Gasteiger partial charge in [-0.15, -0.1) is 0 Å². The molecule has 5 nitrogen and oxygen atoms in total. The maximum Gasteiger partial charge on any atom is 0.262 e. The zero-order valence-electron chi connectivity index (χ0n) is 13.3. The van der Waals surface area contributed by atoms with Crippen LogP contribution in [0.5, 0.6) is 5.75 Å². The van der Waals surface area contributed by atoms with E-state index in [0.717, 1.165) is 20.8 Å². The van der Waals surface area contributed by atoms with Crippen LogP contribution in [0, 0.1) is 5.41 Å². The quantitative estimate of drug-likeness (QED) is 0.461. The maximum absolute atomic E-state index is 12.5. The van der Waals surface area contributed by atoms with Crippen LogP contribution >= 0.6 is 15.9 Å². The second-order valence-corrected chi connectivity index (χ2v) is 6.36. The van der Waals surface area contributed by atoms with E-state index in [1.54, 1.807) is 6.07 Å². The third-order valence-corrected chi connectivity index (χ3v) is 4.20. The summed E-state index contributed by atoms with van der Waals surface area (Å²) in [6, 6.07) is 18.9. The number of hydrogen-bond acceptors (Lipinski definition) is 3. The highest BCUT2D eigenvalue weighted by molar-refractivity contribution is 9.10. The van der Waals surface area contributed by atoms with Gasteiger partial charge in [-0.05, 0) is 34.5 Å². The third kappa shape index (κ3) is 3.97. The van der Waals surface area contributed by atoms with E-state index in [9.17, 15) is 4.79 Å². The molecule has 3 aromatic carbocycles. The van der Waals surface area contributed by atoms with Crippen molar-refractivity contribution in [1.29, 1.82) is 5.41 Å². The lowest BCUT2D eigenvalue weighted by Crippen LogP contribution is -2.36.